The Kier molecular flexibility index (Phi) is 3.70. The Bertz CT molecular complexity index is 948. The molecule has 3 N–H and O–H groups in total. The van der Waals surface area contributed by atoms with Crippen molar-refractivity contribution < 1.29 is 11.2 Å². The zero-order chi connectivity index (χ0) is 18.6. The van der Waals surface area contributed by atoms with Gasteiger partial charge < -0.3 is 5.73 Å². The smallest absolute Gasteiger partial charge is 0.241 e. The minimum Gasteiger partial charge on any atom is -0.324 e. The van der Waals surface area contributed by atoms with Gasteiger partial charge in [-0.15, -0.1) is 0 Å². The fourth-order valence-corrected chi connectivity index (χ4v) is 4.32. The highest BCUT2D eigenvalue weighted by molar-refractivity contribution is 7.89. The Morgan fingerprint density at radius 1 is 1.48 bits per heavy atom. The molecule has 0 aliphatic heterocycles. The molecule has 3 rings (SSSR count). The molecule has 0 amide bonds. The van der Waals surface area contributed by atoms with Gasteiger partial charge in [0.05, 0.1) is 4.90 Å². The molecule has 1 aromatic heterocycles. The number of aromatic nitrogens is 1. The summed E-state index contributed by atoms with van der Waals surface area (Å²) < 4.78 is 43.9. The van der Waals surface area contributed by atoms with E-state index in [4.69, 9.17) is 20.1 Å². The molecule has 1 aromatic carbocycles. The summed E-state index contributed by atoms with van der Waals surface area (Å²) in [5.74, 6) is -0.526. The van der Waals surface area contributed by atoms with Crippen LogP contribution in [0.4, 0.5) is 0 Å². The normalized spacial score (nSPS) is 19.8. The predicted molar refractivity (Wildman–Crippen MR) is 92.0 cm³/mol. The Morgan fingerprint density at radius 3 is 2.91 bits per heavy atom. The van der Waals surface area contributed by atoms with Crippen LogP contribution < -0.4 is 10.5 Å². The van der Waals surface area contributed by atoms with Crippen LogP contribution in [0.5, 0.6) is 0 Å². The Hall–Kier alpha value is -1.21. The third-order valence-corrected chi connectivity index (χ3v) is 5.45. The van der Waals surface area contributed by atoms with Crippen molar-refractivity contribution in [2.24, 2.45) is 11.7 Å². The average Bonchev–Trinajstić information content (AvgIpc) is 2.86. The van der Waals surface area contributed by atoms with Crippen LogP contribution in [0.3, 0.4) is 0 Å². The molecule has 1 heterocycles. The number of benzene rings is 1. The number of rotatable bonds is 4. The summed E-state index contributed by atoms with van der Waals surface area (Å²) >= 11 is 5.98. The number of aryl methyl sites for hydroxylation is 1. The van der Waals surface area contributed by atoms with E-state index < -0.39 is 22.4 Å². The van der Waals surface area contributed by atoms with Crippen LogP contribution in [-0.2, 0) is 16.4 Å². The lowest BCUT2D eigenvalue weighted by Crippen LogP contribution is -2.28. The second-order valence-electron chi connectivity index (χ2n) is 6.05. The molecule has 2 aromatic rings. The largest absolute Gasteiger partial charge is 0.324 e. The minimum atomic E-state index is -4.10. The van der Waals surface area contributed by atoms with Crippen molar-refractivity contribution in [1.29, 1.82) is 0 Å². The van der Waals surface area contributed by atoms with Gasteiger partial charge in [0.2, 0.25) is 10.0 Å². The van der Waals surface area contributed by atoms with Crippen LogP contribution in [0.15, 0.2) is 23.2 Å². The van der Waals surface area contributed by atoms with Crippen molar-refractivity contribution in [2.75, 3.05) is 6.50 Å². The van der Waals surface area contributed by atoms with Crippen molar-refractivity contribution in [3.63, 3.8) is 0 Å². The van der Waals surface area contributed by atoms with Crippen LogP contribution in [0.2, 0.25) is 5.15 Å². The van der Waals surface area contributed by atoms with Gasteiger partial charge in [-0.3, -0.25) is 0 Å². The van der Waals surface area contributed by atoms with Crippen molar-refractivity contribution in [3.05, 3.63) is 34.6 Å². The molecule has 0 saturated heterocycles. The maximum absolute atomic E-state index is 12.9. The first-order chi connectivity index (χ1) is 11.5. The summed E-state index contributed by atoms with van der Waals surface area (Å²) in [7, 11) is -4.10. The predicted octanol–water partition coefficient (Wildman–Crippen LogP) is 2.77. The highest BCUT2D eigenvalue weighted by atomic mass is 35.5. The maximum Gasteiger partial charge on any atom is 0.241 e. The van der Waals surface area contributed by atoms with E-state index >= 15 is 0 Å². The first-order valence-corrected chi connectivity index (χ1v) is 9.29. The van der Waals surface area contributed by atoms with Crippen LogP contribution in [0.25, 0.3) is 10.8 Å². The van der Waals surface area contributed by atoms with E-state index in [-0.39, 0.29) is 16.1 Å². The van der Waals surface area contributed by atoms with Gasteiger partial charge in [0, 0.05) is 32.2 Å². The summed E-state index contributed by atoms with van der Waals surface area (Å²) in [5, 5.41) is 1.22. The zero-order valence-corrected chi connectivity index (χ0v) is 14.5. The minimum absolute atomic E-state index is 0.00387. The number of sulfonamides is 1. The monoisotopic (exact) mass is 355 g/mol. The molecule has 5 nitrogen and oxygen atoms in total. The van der Waals surface area contributed by atoms with Crippen molar-refractivity contribution in [3.8, 4) is 0 Å². The first-order valence-electron chi connectivity index (χ1n) is 8.43. The molecule has 23 heavy (non-hydrogen) atoms. The summed E-state index contributed by atoms with van der Waals surface area (Å²) in [6.07, 6.45) is 2.95. The number of nitrogens with one attached hydrogen (secondary N) is 1. The molecule has 0 spiro atoms. The van der Waals surface area contributed by atoms with Crippen LogP contribution in [0.1, 0.15) is 40.2 Å². The number of hydrogen-bond acceptors (Lipinski definition) is 4. The molecule has 0 saturated carbocycles. The number of pyridine rings is 1. The number of hydrogen-bond donors (Lipinski definition) is 2. The quantitative estimate of drug-likeness (QED) is 0.826. The van der Waals surface area contributed by atoms with Crippen molar-refractivity contribution in [2.45, 2.75) is 37.6 Å². The lowest BCUT2D eigenvalue weighted by atomic mass is 10.0. The topological polar surface area (TPSA) is 85.1 Å². The fraction of sp³-hybridized carbons (Fsp3) is 0.438. The highest BCUT2D eigenvalue weighted by Gasteiger charge is 2.27. The number of fused-ring (bicyclic) bond motifs is 3. The molecule has 1 aliphatic carbocycles. The second kappa shape index (κ2) is 6.02. The standard InChI is InChI=1S/C16H20ClN3O2S/c1-9(2)7-20-23(21,22)14-5-10-3-4-13(18)16(10)12-8-19-15(17)6-11(12)14/h5-6,8-9,13,20H,3-4,7,18H2,1-2H3/i7D2. The van der Waals surface area contributed by atoms with Gasteiger partial charge in [-0.2, -0.15) is 0 Å². The molecular weight excluding hydrogens is 334 g/mol. The summed E-state index contributed by atoms with van der Waals surface area (Å²) in [6, 6.07) is 2.90. The number of nitrogens with two attached hydrogens (primary N) is 1. The van der Waals surface area contributed by atoms with Gasteiger partial charge in [-0.1, -0.05) is 25.4 Å². The third-order valence-electron chi connectivity index (χ3n) is 3.94. The molecule has 1 aliphatic rings. The average molecular weight is 356 g/mol. The second-order valence-corrected chi connectivity index (χ2v) is 8.09. The maximum atomic E-state index is 12.9. The SMILES string of the molecule is [2H]C([2H])(NS(=O)(=O)c1cc2c(c3cnc(Cl)cc13)C(N)CC2)C(C)C. The molecule has 0 bridgehead atoms. The fourth-order valence-electron chi connectivity index (χ4n) is 2.91. The highest BCUT2D eigenvalue weighted by Crippen LogP contribution is 2.39. The van der Waals surface area contributed by atoms with Crippen LogP contribution >= 0.6 is 11.6 Å². The van der Waals surface area contributed by atoms with Gasteiger partial charge in [0.1, 0.15) is 5.15 Å². The Labute approximate surface area is 144 Å². The van der Waals surface area contributed by atoms with Gasteiger partial charge in [-0.05, 0) is 42.0 Å². The van der Waals surface area contributed by atoms with Gasteiger partial charge >= 0.3 is 0 Å². The zero-order valence-electron chi connectivity index (χ0n) is 14.9. The van der Waals surface area contributed by atoms with Gasteiger partial charge in [-0.25, -0.2) is 18.1 Å². The number of halogens is 1. The van der Waals surface area contributed by atoms with Crippen molar-refractivity contribution >= 4 is 32.4 Å². The lowest BCUT2D eigenvalue weighted by molar-refractivity contribution is 0.561. The molecular formula is C16H20ClN3O2S. The first kappa shape index (κ1) is 14.2. The Morgan fingerprint density at radius 2 is 2.22 bits per heavy atom. The van der Waals surface area contributed by atoms with E-state index in [0.29, 0.717) is 17.2 Å². The van der Waals surface area contributed by atoms with Crippen molar-refractivity contribution in [1.82, 2.24) is 9.71 Å². The van der Waals surface area contributed by atoms with Crippen LogP contribution in [0, 0.1) is 5.92 Å². The van der Waals surface area contributed by atoms with E-state index in [1.54, 1.807) is 19.9 Å². The molecule has 7 heteroatoms. The summed E-state index contributed by atoms with van der Waals surface area (Å²) in [6.45, 7) is 1.16. The van der Waals surface area contributed by atoms with Gasteiger partial charge in [0.15, 0.2) is 0 Å². The lowest BCUT2D eigenvalue weighted by Gasteiger charge is -2.15. The van der Waals surface area contributed by atoms with E-state index in [9.17, 15) is 8.42 Å². The molecule has 1 unspecified atom stereocenters. The van der Waals surface area contributed by atoms with Gasteiger partial charge in [0.25, 0.3) is 0 Å². The number of nitrogens with zero attached hydrogens (tertiary/aromatic N) is 1. The Balaban J connectivity index is 2.25. The third kappa shape index (κ3) is 3.08. The molecule has 124 valence electrons. The van der Waals surface area contributed by atoms with E-state index in [0.717, 1.165) is 17.5 Å². The molecule has 0 fully saturated rings. The van der Waals surface area contributed by atoms with E-state index in [2.05, 4.69) is 9.71 Å². The summed E-state index contributed by atoms with van der Waals surface area (Å²) in [4.78, 5) is 4.07. The molecule has 0 radical (unpaired) electrons. The van der Waals surface area contributed by atoms with E-state index in [1.807, 2.05) is 0 Å². The molecule has 1 atom stereocenters. The summed E-state index contributed by atoms with van der Waals surface area (Å²) in [5.41, 5.74) is 7.91. The van der Waals surface area contributed by atoms with Crippen LogP contribution in [-0.4, -0.2) is 19.9 Å². The van der Waals surface area contributed by atoms with E-state index in [1.165, 1.54) is 12.3 Å².